The highest BCUT2D eigenvalue weighted by Crippen LogP contribution is 2.33. The summed E-state index contributed by atoms with van der Waals surface area (Å²) in [5.74, 6) is -1.80. The number of aromatic hydroxyl groups is 1. The summed E-state index contributed by atoms with van der Waals surface area (Å²) < 4.78 is 19.3. The highest BCUT2D eigenvalue weighted by molar-refractivity contribution is 7.13. The number of rotatable bonds is 4. The molecule has 0 spiro atoms. The Morgan fingerprint density at radius 2 is 2.03 bits per heavy atom. The van der Waals surface area contributed by atoms with Gasteiger partial charge in [0.1, 0.15) is 29.3 Å². The highest BCUT2D eigenvalue weighted by atomic mass is 32.1. The second-order valence-electron chi connectivity index (χ2n) is 8.41. The van der Waals surface area contributed by atoms with Crippen LogP contribution in [0.15, 0.2) is 41.8 Å². The molecule has 2 N–H and O–H groups in total. The number of carbonyl (C=O) groups is 2. The van der Waals surface area contributed by atoms with E-state index in [0.717, 1.165) is 48.4 Å². The third-order valence-electron chi connectivity index (χ3n) is 5.98. The van der Waals surface area contributed by atoms with Gasteiger partial charge >= 0.3 is 6.09 Å². The molecule has 188 valence electrons. The fourth-order valence-corrected chi connectivity index (χ4v) is 4.77. The zero-order valence-electron chi connectivity index (χ0n) is 19.6. The number of phenolic OH excluding ortho intramolecular Hbond substituents is 1. The molecule has 1 unspecified atom stereocenters. The number of hydrogen-bond donors (Lipinski definition) is 2. The average molecular weight is 520 g/mol. The van der Waals surface area contributed by atoms with Crippen molar-refractivity contribution in [3.05, 3.63) is 70.0 Å². The molecule has 0 aliphatic carbocycles. The maximum absolute atomic E-state index is 14.4. The molecule has 1 atom stereocenters. The molecular weight excluding hydrogens is 497 g/mol. The number of thiazole rings is 1. The number of aromatic nitrogens is 1. The third kappa shape index (κ3) is 6.02. The van der Waals surface area contributed by atoms with Gasteiger partial charge in [-0.15, -0.1) is 11.3 Å². The summed E-state index contributed by atoms with van der Waals surface area (Å²) in [4.78, 5) is 29.0. The molecule has 5 rings (SSSR count). The van der Waals surface area contributed by atoms with E-state index in [4.69, 9.17) is 15.3 Å². The van der Waals surface area contributed by atoms with Gasteiger partial charge in [0.05, 0.1) is 28.8 Å². The SMILES string of the molecule is N#Cc1ccc(CNC(=O)c2cc(O)c(-c3nc(C#N)cs3)cc2F)cc1.O=C1OCC2CCCCN12. The molecule has 2 aliphatic rings. The molecule has 2 amide bonds. The smallest absolute Gasteiger partial charge is 0.410 e. The molecule has 2 aromatic carbocycles. The molecule has 3 heterocycles. The summed E-state index contributed by atoms with van der Waals surface area (Å²) in [5.41, 5.74) is 1.22. The molecule has 2 saturated heterocycles. The van der Waals surface area contributed by atoms with E-state index in [1.807, 2.05) is 17.0 Å². The summed E-state index contributed by atoms with van der Waals surface area (Å²) >= 11 is 1.09. The van der Waals surface area contributed by atoms with Crippen LogP contribution in [0, 0.1) is 28.5 Å². The second kappa shape index (κ2) is 11.5. The van der Waals surface area contributed by atoms with Gasteiger partial charge in [-0.05, 0) is 49.1 Å². The lowest BCUT2D eigenvalue weighted by Crippen LogP contribution is -2.37. The van der Waals surface area contributed by atoms with Crippen LogP contribution in [0.3, 0.4) is 0 Å². The minimum absolute atomic E-state index is 0.107. The molecule has 3 aromatic rings. The van der Waals surface area contributed by atoms with Crippen LogP contribution in [0.2, 0.25) is 0 Å². The molecule has 9 nitrogen and oxygen atoms in total. The van der Waals surface area contributed by atoms with E-state index in [0.29, 0.717) is 18.2 Å². The van der Waals surface area contributed by atoms with Crippen molar-refractivity contribution in [2.75, 3.05) is 13.2 Å². The van der Waals surface area contributed by atoms with E-state index in [1.54, 1.807) is 24.3 Å². The van der Waals surface area contributed by atoms with Crippen molar-refractivity contribution in [1.82, 2.24) is 15.2 Å². The Morgan fingerprint density at radius 1 is 1.24 bits per heavy atom. The number of nitrogens with zero attached hydrogens (tertiary/aromatic N) is 4. The first-order valence-electron chi connectivity index (χ1n) is 11.5. The van der Waals surface area contributed by atoms with Crippen molar-refractivity contribution in [3.63, 3.8) is 0 Å². The van der Waals surface area contributed by atoms with E-state index in [9.17, 15) is 19.1 Å². The summed E-state index contributed by atoms with van der Waals surface area (Å²) in [7, 11) is 0. The first kappa shape index (κ1) is 25.6. The number of nitriles is 2. The van der Waals surface area contributed by atoms with Crippen LogP contribution < -0.4 is 5.32 Å². The number of benzene rings is 2. The predicted octanol–water partition coefficient (Wildman–Crippen LogP) is 4.32. The minimum atomic E-state index is -0.811. The topological polar surface area (TPSA) is 139 Å². The van der Waals surface area contributed by atoms with Crippen LogP contribution in [-0.2, 0) is 11.3 Å². The number of piperidine rings is 1. The van der Waals surface area contributed by atoms with Crippen molar-refractivity contribution in [2.24, 2.45) is 0 Å². The maximum Gasteiger partial charge on any atom is 0.410 e. The minimum Gasteiger partial charge on any atom is -0.507 e. The molecule has 11 heteroatoms. The van der Waals surface area contributed by atoms with Crippen LogP contribution in [0.5, 0.6) is 5.75 Å². The van der Waals surface area contributed by atoms with Gasteiger partial charge in [0, 0.05) is 18.5 Å². The quantitative estimate of drug-likeness (QED) is 0.523. The van der Waals surface area contributed by atoms with Gasteiger partial charge in [0.15, 0.2) is 5.69 Å². The van der Waals surface area contributed by atoms with Crippen molar-refractivity contribution < 1.29 is 23.8 Å². The number of amides is 2. The van der Waals surface area contributed by atoms with E-state index < -0.39 is 11.7 Å². The van der Waals surface area contributed by atoms with Gasteiger partial charge in [0.25, 0.3) is 5.91 Å². The molecular formula is C26H22FN5O4S. The Kier molecular flexibility index (Phi) is 7.96. The molecule has 2 aliphatic heterocycles. The third-order valence-corrected chi connectivity index (χ3v) is 6.85. The number of phenols is 1. The summed E-state index contributed by atoms with van der Waals surface area (Å²) in [6.07, 6.45) is 3.42. The number of carbonyl (C=O) groups excluding carboxylic acids is 2. The molecule has 0 radical (unpaired) electrons. The monoisotopic (exact) mass is 519 g/mol. The van der Waals surface area contributed by atoms with Gasteiger partial charge in [-0.3, -0.25) is 4.79 Å². The zero-order valence-corrected chi connectivity index (χ0v) is 20.4. The Labute approximate surface area is 216 Å². The highest BCUT2D eigenvalue weighted by Gasteiger charge is 2.34. The van der Waals surface area contributed by atoms with Gasteiger partial charge in [-0.25, -0.2) is 14.2 Å². The summed E-state index contributed by atoms with van der Waals surface area (Å²) in [5, 5.41) is 32.1. The molecule has 0 saturated carbocycles. The molecule has 1 aromatic heterocycles. The van der Waals surface area contributed by atoms with Crippen LogP contribution in [-0.4, -0.2) is 46.2 Å². The second-order valence-corrected chi connectivity index (χ2v) is 9.27. The van der Waals surface area contributed by atoms with Crippen molar-refractivity contribution in [1.29, 1.82) is 10.5 Å². The van der Waals surface area contributed by atoms with Gasteiger partial charge < -0.3 is 20.1 Å². The first-order valence-corrected chi connectivity index (χ1v) is 12.4. The van der Waals surface area contributed by atoms with Crippen LogP contribution >= 0.6 is 11.3 Å². The summed E-state index contributed by atoms with van der Waals surface area (Å²) in [6, 6.07) is 12.9. The fraction of sp³-hybridized carbons (Fsp3) is 0.269. The summed E-state index contributed by atoms with van der Waals surface area (Å²) in [6.45, 7) is 1.67. The zero-order chi connectivity index (χ0) is 26.4. The van der Waals surface area contributed by atoms with E-state index in [1.165, 1.54) is 11.8 Å². The van der Waals surface area contributed by atoms with Crippen molar-refractivity contribution >= 4 is 23.3 Å². The first-order chi connectivity index (χ1) is 17.9. The normalized spacial score (nSPS) is 15.9. The lowest BCUT2D eigenvalue weighted by molar-refractivity contribution is 0.0946. The average Bonchev–Trinajstić information content (AvgIpc) is 3.56. The van der Waals surface area contributed by atoms with Crippen molar-refractivity contribution in [3.8, 4) is 28.5 Å². The Balaban J connectivity index is 0.000000265. The lowest BCUT2D eigenvalue weighted by Gasteiger charge is -2.25. The van der Waals surface area contributed by atoms with Crippen molar-refractivity contribution in [2.45, 2.75) is 31.8 Å². The Bertz CT molecular complexity index is 1390. The molecule has 0 bridgehead atoms. The molecule has 2 fully saturated rings. The standard InChI is InChI=1S/C19H11FN4O2S.C7H11NO2/c20-16-5-15(19-24-13(8-22)10-27-19)17(25)6-14(16)18(26)23-9-12-3-1-11(7-21)2-4-12;9-7-8-4-2-1-3-6(8)5-10-7/h1-6,10,25H,9H2,(H,23,26);6H,1-5H2. The Hall–Kier alpha value is -4.48. The number of hydrogen-bond acceptors (Lipinski definition) is 8. The largest absolute Gasteiger partial charge is 0.507 e. The molecule has 37 heavy (non-hydrogen) atoms. The number of ether oxygens (including phenoxy) is 1. The van der Waals surface area contributed by atoms with Gasteiger partial charge in [0.2, 0.25) is 0 Å². The van der Waals surface area contributed by atoms with E-state index >= 15 is 0 Å². The predicted molar refractivity (Wildman–Crippen MR) is 132 cm³/mol. The maximum atomic E-state index is 14.4. The van der Waals surface area contributed by atoms with Gasteiger partial charge in [-0.1, -0.05) is 12.1 Å². The van der Waals surface area contributed by atoms with E-state index in [2.05, 4.69) is 10.3 Å². The Morgan fingerprint density at radius 3 is 2.70 bits per heavy atom. The van der Waals surface area contributed by atoms with Crippen LogP contribution in [0.1, 0.15) is 46.4 Å². The fourth-order valence-electron chi connectivity index (χ4n) is 4.00. The number of cyclic esters (lactones) is 1. The van der Waals surface area contributed by atoms with Gasteiger partial charge in [-0.2, -0.15) is 10.5 Å². The van der Waals surface area contributed by atoms with Crippen LogP contribution in [0.4, 0.5) is 9.18 Å². The number of halogens is 1. The number of fused-ring (bicyclic) bond motifs is 1. The van der Waals surface area contributed by atoms with E-state index in [-0.39, 0.29) is 40.2 Å². The van der Waals surface area contributed by atoms with Crippen LogP contribution in [0.25, 0.3) is 10.6 Å². The lowest BCUT2D eigenvalue weighted by atomic mass is 10.0. The number of nitrogens with one attached hydrogen (secondary N) is 1.